The summed E-state index contributed by atoms with van der Waals surface area (Å²) < 4.78 is 11.0. The van der Waals surface area contributed by atoms with E-state index in [4.69, 9.17) is 32.7 Å². The van der Waals surface area contributed by atoms with E-state index in [9.17, 15) is 4.79 Å². The molecule has 1 heterocycles. The first kappa shape index (κ1) is 18.0. The summed E-state index contributed by atoms with van der Waals surface area (Å²) in [5.74, 6) is 0.939. The highest BCUT2D eigenvalue weighted by Crippen LogP contribution is 2.25. The first-order valence-corrected chi connectivity index (χ1v) is 8.42. The number of carbonyl (C=O) groups excluding carboxylic acids is 1. The molecule has 0 unspecified atom stereocenters. The molecule has 0 fully saturated rings. The number of benzene rings is 2. The molecule has 1 amide bonds. The largest absolute Gasteiger partial charge is 0.444 e. The number of halogens is 2. The van der Waals surface area contributed by atoms with Crippen molar-refractivity contribution in [2.24, 2.45) is 0 Å². The third-order valence-electron chi connectivity index (χ3n) is 3.33. The van der Waals surface area contributed by atoms with Gasteiger partial charge in [-0.2, -0.15) is 0 Å². The third kappa shape index (κ3) is 5.12. The molecule has 3 aromatic rings. The van der Waals surface area contributed by atoms with E-state index < -0.39 is 6.09 Å². The van der Waals surface area contributed by atoms with Crippen molar-refractivity contribution in [2.45, 2.75) is 6.61 Å². The van der Waals surface area contributed by atoms with Gasteiger partial charge >= 0.3 is 6.09 Å². The van der Waals surface area contributed by atoms with Crippen LogP contribution in [-0.4, -0.2) is 11.1 Å². The molecular weight excluding hydrogens is 375 g/mol. The molecule has 132 valence electrons. The predicted molar refractivity (Wildman–Crippen MR) is 101 cm³/mol. The Bertz CT molecular complexity index is 884. The van der Waals surface area contributed by atoms with E-state index >= 15 is 0 Å². The quantitative estimate of drug-likeness (QED) is 0.588. The highest BCUT2D eigenvalue weighted by atomic mass is 35.5. The number of ether oxygens (including phenoxy) is 2. The molecule has 26 heavy (non-hydrogen) atoms. The molecule has 0 spiro atoms. The van der Waals surface area contributed by atoms with Gasteiger partial charge in [0.05, 0.1) is 5.56 Å². The lowest BCUT2D eigenvalue weighted by Crippen LogP contribution is -2.13. The minimum Gasteiger partial charge on any atom is -0.444 e. The Morgan fingerprint density at radius 2 is 1.62 bits per heavy atom. The van der Waals surface area contributed by atoms with Gasteiger partial charge in [-0.1, -0.05) is 23.2 Å². The maximum Gasteiger partial charge on any atom is 0.411 e. The van der Waals surface area contributed by atoms with E-state index in [1.165, 1.54) is 0 Å². The number of aromatic nitrogens is 1. The Morgan fingerprint density at radius 1 is 0.962 bits per heavy atom. The van der Waals surface area contributed by atoms with E-state index in [2.05, 4.69) is 10.3 Å². The second-order valence-corrected chi connectivity index (χ2v) is 6.10. The van der Waals surface area contributed by atoms with Crippen LogP contribution in [0.2, 0.25) is 10.0 Å². The Hall–Kier alpha value is -2.76. The van der Waals surface area contributed by atoms with E-state index in [-0.39, 0.29) is 6.61 Å². The van der Waals surface area contributed by atoms with Gasteiger partial charge in [-0.3, -0.25) is 5.32 Å². The number of pyridine rings is 1. The molecule has 0 saturated heterocycles. The maximum absolute atomic E-state index is 11.9. The summed E-state index contributed by atoms with van der Waals surface area (Å²) in [5.41, 5.74) is 1.22. The highest BCUT2D eigenvalue weighted by molar-refractivity contribution is 6.30. The van der Waals surface area contributed by atoms with Crippen molar-refractivity contribution < 1.29 is 14.3 Å². The number of nitrogens with one attached hydrogen (secondary N) is 1. The summed E-state index contributed by atoms with van der Waals surface area (Å²) in [4.78, 5) is 16.1. The summed E-state index contributed by atoms with van der Waals surface area (Å²) >= 11 is 11.7. The zero-order valence-corrected chi connectivity index (χ0v) is 15.0. The van der Waals surface area contributed by atoms with Gasteiger partial charge < -0.3 is 9.47 Å². The van der Waals surface area contributed by atoms with Crippen molar-refractivity contribution in [3.63, 3.8) is 0 Å². The molecule has 7 heteroatoms. The van der Waals surface area contributed by atoms with Gasteiger partial charge in [0.15, 0.2) is 0 Å². The molecule has 1 N–H and O–H groups in total. The number of hydrogen-bond acceptors (Lipinski definition) is 4. The number of carbonyl (C=O) groups is 1. The number of hydrogen-bond donors (Lipinski definition) is 1. The smallest absolute Gasteiger partial charge is 0.411 e. The molecule has 0 bridgehead atoms. The fourth-order valence-electron chi connectivity index (χ4n) is 2.07. The van der Waals surface area contributed by atoms with Crippen molar-refractivity contribution >= 4 is 35.0 Å². The zero-order valence-electron chi connectivity index (χ0n) is 13.5. The number of rotatable bonds is 5. The third-order valence-corrected chi connectivity index (χ3v) is 3.83. The molecule has 5 nitrogen and oxygen atoms in total. The Morgan fingerprint density at radius 3 is 2.31 bits per heavy atom. The van der Waals surface area contributed by atoms with Crippen LogP contribution in [0.4, 0.5) is 10.5 Å². The molecule has 1 aromatic heterocycles. The maximum atomic E-state index is 11.9. The first-order chi connectivity index (χ1) is 12.6. The van der Waals surface area contributed by atoms with Crippen LogP contribution in [0.15, 0.2) is 66.9 Å². The SMILES string of the molecule is O=C(Nc1ccc(Cl)cc1)OCc1cccnc1Oc1ccc(Cl)cc1. The Kier molecular flexibility index (Phi) is 5.94. The van der Waals surface area contributed by atoms with Crippen molar-refractivity contribution in [3.05, 3.63) is 82.5 Å². The van der Waals surface area contributed by atoms with Crippen LogP contribution in [0, 0.1) is 0 Å². The molecule has 0 aliphatic carbocycles. The summed E-state index contributed by atoms with van der Waals surface area (Å²) in [5, 5.41) is 3.82. The van der Waals surface area contributed by atoms with Crippen LogP contribution in [0.1, 0.15) is 5.56 Å². The number of nitrogens with zero attached hydrogens (tertiary/aromatic N) is 1. The van der Waals surface area contributed by atoms with Crippen molar-refractivity contribution in [1.82, 2.24) is 4.98 Å². The second kappa shape index (κ2) is 8.56. The van der Waals surface area contributed by atoms with Crippen LogP contribution < -0.4 is 10.1 Å². The minimum atomic E-state index is -0.589. The van der Waals surface area contributed by atoms with Crippen LogP contribution in [0.5, 0.6) is 11.6 Å². The lowest BCUT2D eigenvalue weighted by atomic mass is 10.3. The first-order valence-electron chi connectivity index (χ1n) is 7.67. The van der Waals surface area contributed by atoms with Crippen LogP contribution in [0.3, 0.4) is 0 Å². The van der Waals surface area contributed by atoms with E-state index in [1.807, 2.05) is 0 Å². The topological polar surface area (TPSA) is 60.5 Å². The van der Waals surface area contributed by atoms with E-state index in [0.29, 0.717) is 32.9 Å². The van der Waals surface area contributed by atoms with Gasteiger partial charge in [0, 0.05) is 21.9 Å². The summed E-state index contributed by atoms with van der Waals surface area (Å²) in [7, 11) is 0. The molecular formula is C19H14Cl2N2O3. The van der Waals surface area contributed by atoms with Gasteiger partial charge in [0.1, 0.15) is 12.4 Å². The van der Waals surface area contributed by atoms with Crippen LogP contribution in [-0.2, 0) is 11.3 Å². The lowest BCUT2D eigenvalue weighted by Gasteiger charge is -2.11. The molecule has 0 aliphatic heterocycles. The predicted octanol–water partition coefficient (Wildman–Crippen LogP) is 5.93. The van der Waals surface area contributed by atoms with Gasteiger partial charge in [0.2, 0.25) is 5.88 Å². The summed E-state index contributed by atoms with van der Waals surface area (Å²) in [6.45, 7) is 0.0101. The van der Waals surface area contributed by atoms with Crippen LogP contribution >= 0.6 is 23.2 Å². The van der Waals surface area contributed by atoms with Gasteiger partial charge in [0.25, 0.3) is 0 Å². The Labute approximate surface area is 160 Å². The molecule has 0 saturated carbocycles. The monoisotopic (exact) mass is 388 g/mol. The Balaban J connectivity index is 1.61. The molecule has 0 atom stereocenters. The fourth-order valence-corrected chi connectivity index (χ4v) is 2.32. The van der Waals surface area contributed by atoms with Crippen molar-refractivity contribution in [3.8, 4) is 11.6 Å². The van der Waals surface area contributed by atoms with E-state index in [0.717, 1.165) is 0 Å². The van der Waals surface area contributed by atoms with Gasteiger partial charge in [-0.15, -0.1) is 0 Å². The summed E-state index contributed by atoms with van der Waals surface area (Å²) in [6, 6.07) is 17.1. The van der Waals surface area contributed by atoms with Gasteiger partial charge in [-0.05, 0) is 60.7 Å². The standard InChI is InChI=1S/C19H14Cl2N2O3/c20-14-3-7-16(8-4-14)23-19(24)25-12-13-2-1-11-22-18(13)26-17-9-5-15(21)6-10-17/h1-11H,12H2,(H,23,24). The molecule has 0 radical (unpaired) electrons. The normalized spacial score (nSPS) is 10.2. The highest BCUT2D eigenvalue weighted by Gasteiger charge is 2.10. The van der Waals surface area contributed by atoms with Crippen molar-refractivity contribution in [1.29, 1.82) is 0 Å². The number of amides is 1. The molecule has 3 rings (SSSR count). The molecule has 0 aliphatic rings. The van der Waals surface area contributed by atoms with Gasteiger partial charge in [-0.25, -0.2) is 9.78 Å². The lowest BCUT2D eigenvalue weighted by molar-refractivity contribution is 0.154. The van der Waals surface area contributed by atoms with Crippen molar-refractivity contribution in [2.75, 3.05) is 5.32 Å². The summed E-state index contributed by atoms with van der Waals surface area (Å²) in [6.07, 6.45) is 1.01. The minimum absolute atomic E-state index is 0.0101. The zero-order chi connectivity index (χ0) is 18.4. The second-order valence-electron chi connectivity index (χ2n) is 5.23. The molecule has 2 aromatic carbocycles. The fraction of sp³-hybridized carbons (Fsp3) is 0.0526. The van der Waals surface area contributed by atoms with Crippen LogP contribution in [0.25, 0.3) is 0 Å². The average molecular weight is 389 g/mol. The number of anilines is 1. The average Bonchev–Trinajstić information content (AvgIpc) is 2.65. The van der Waals surface area contributed by atoms with E-state index in [1.54, 1.807) is 66.9 Å².